The molecule has 0 atom stereocenters. The number of rotatable bonds is 3. The van der Waals surface area contributed by atoms with Gasteiger partial charge in [-0.1, -0.05) is 79.7 Å². The Balaban J connectivity index is 2.13. The normalized spacial score (nSPS) is 13.0. The summed E-state index contributed by atoms with van der Waals surface area (Å²) < 4.78 is 0. The summed E-state index contributed by atoms with van der Waals surface area (Å²) in [5.74, 6) is 0. The Morgan fingerprint density at radius 1 is 0.731 bits per heavy atom. The third kappa shape index (κ3) is 2.63. The van der Waals surface area contributed by atoms with Crippen molar-refractivity contribution in [1.29, 1.82) is 0 Å². The molecule has 0 aliphatic carbocycles. The Morgan fingerprint density at radius 2 is 1.23 bits per heavy atom. The Morgan fingerprint density at radius 3 is 1.73 bits per heavy atom. The smallest absolute Gasteiger partial charge is 0.00929 e. The third-order valence-electron chi connectivity index (χ3n) is 5.34. The number of hydrogen-bond acceptors (Lipinski definition) is 0. The van der Waals surface area contributed by atoms with E-state index in [2.05, 4.69) is 99.7 Å². The average molecular weight is 336 g/mol. The molecule has 0 heterocycles. The molecule has 0 aliphatic heterocycles. The van der Waals surface area contributed by atoms with Gasteiger partial charge in [0.1, 0.15) is 0 Å². The monoisotopic (exact) mass is 336 g/mol. The molecule has 128 valence electrons. The van der Waals surface area contributed by atoms with Crippen molar-refractivity contribution in [2.24, 2.45) is 0 Å². The van der Waals surface area contributed by atoms with Gasteiger partial charge < -0.3 is 0 Å². The Hall–Kier alpha value is -2.86. The zero-order chi connectivity index (χ0) is 18.1. The number of allylic oxidation sites excluding steroid dienone is 4. The summed E-state index contributed by atoms with van der Waals surface area (Å²) in [6.45, 7) is 6.53. The molecule has 0 saturated heterocycles. The lowest BCUT2D eigenvalue weighted by atomic mass is 9.90. The number of benzene rings is 4. The molecule has 0 saturated carbocycles. The summed E-state index contributed by atoms with van der Waals surface area (Å²) in [6.07, 6.45) is 5.36. The highest BCUT2D eigenvalue weighted by molar-refractivity contribution is 6.25. The maximum absolute atomic E-state index is 2.38. The van der Waals surface area contributed by atoms with E-state index in [-0.39, 0.29) is 0 Å². The molecule has 4 aromatic rings. The summed E-state index contributed by atoms with van der Waals surface area (Å²) in [5.41, 5.74) is 4.10. The molecule has 0 amide bonds. The Bertz CT molecular complexity index is 1140. The summed E-state index contributed by atoms with van der Waals surface area (Å²) in [4.78, 5) is 0. The first-order chi connectivity index (χ1) is 12.7. The molecule has 0 unspecified atom stereocenters. The predicted molar refractivity (Wildman–Crippen MR) is 117 cm³/mol. The molecular formula is C26H24. The molecular weight excluding hydrogens is 312 g/mol. The summed E-state index contributed by atoms with van der Waals surface area (Å²) in [5, 5.41) is 8.01. The standard InChI is InChI=1S/C26H24/c1-4-10-18(3)20(5-2)19-15-16-25-23-13-7-6-11-21(23)22-12-8-9-14-24(22)26(25)17-19/h4,6-17H,5H2,1-3H3. The molecule has 0 nitrogen and oxygen atoms in total. The molecule has 4 aromatic carbocycles. The number of hydrogen-bond donors (Lipinski definition) is 0. The second-order valence-electron chi connectivity index (χ2n) is 6.87. The lowest BCUT2D eigenvalue weighted by Gasteiger charge is -2.14. The SMILES string of the molecule is CC=CC(C)=C(CC)c1ccc2c3ccccc3c3ccccc3c2c1. The first-order valence-electron chi connectivity index (χ1n) is 9.40. The van der Waals surface area contributed by atoms with E-state index in [9.17, 15) is 0 Å². The van der Waals surface area contributed by atoms with Crippen molar-refractivity contribution in [1.82, 2.24) is 0 Å². The van der Waals surface area contributed by atoms with Crippen LogP contribution < -0.4 is 0 Å². The zero-order valence-electron chi connectivity index (χ0n) is 15.7. The minimum atomic E-state index is 1.03. The van der Waals surface area contributed by atoms with E-state index < -0.39 is 0 Å². The van der Waals surface area contributed by atoms with Crippen molar-refractivity contribution in [2.75, 3.05) is 0 Å². The van der Waals surface area contributed by atoms with Crippen LogP contribution in [-0.4, -0.2) is 0 Å². The van der Waals surface area contributed by atoms with Gasteiger partial charge in [-0.3, -0.25) is 0 Å². The van der Waals surface area contributed by atoms with Crippen LogP contribution >= 0.6 is 0 Å². The lowest BCUT2D eigenvalue weighted by molar-refractivity contribution is 1.22. The Labute approximate surface area is 155 Å². The van der Waals surface area contributed by atoms with Crippen LogP contribution in [0.3, 0.4) is 0 Å². The van der Waals surface area contributed by atoms with E-state index in [0.29, 0.717) is 0 Å². The highest BCUT2D eigenvalue weighted by atomic mass is 14.1. The topological polar surface area (TPSA) is 0 Å². The predicted octanol–water partition coefficient (Wildman–Crippen LogP) is 7.91. The number of fused-ring (bicyclic) bond motifs is 6. The molecule has 0 spiro atoms. The maximum atomic E-state index is 2.38. The van der Waals surface area contributed by atoms with Crippen molar-refractivity contribution in [3.8, 4) is 0 Å². The first kappa shape index (κ1) is 16.6. The zero-order valence-corrected chi connectivity index (χ0v) is 15.7. The van der Waals surface area contributed by atoms with Gasteiger partial charge in [-0.15, -0.1) is 0 Å². The van der Waals surface area contributed by atoms with E-state index in [4.69, 9.17) is 0 Å². The summed E-state index contributed by atoms with van der Waals surface area (Å²) in [6, 6.07) is 24.5. The highest BCUT2D eigenvalue weighted by Crippen LogP contribution is 2.36. The molecule has 0 aliphatic rings. The van der Waals surface area contributed by atoms with Crippen LogP contribution in [0.5, 0.6) is 0 Å². The maximum Gasteiger partial charge on any atom is -0.00929 e. The van der Waals surface area contributed by atoms with Crippen molar-refractivity contribution in [2.45, 2.75) is 27.2 Å². The second kappa shape index (κ2) is 6.80. The van der Waals surface area contributed by atoms with Gasteiger partial charge in [0.25, 0.3) is 0 Å². The second-order valence-corrected chi connectivity index (χ2v) is 6.87. The van der Waals surface area contributed by atoms with E-state index in [0.717, 1.165) is 6.42 Å². The third-order valence-corrected chi connectivity index (χ3v) is 5.34. The van der Waals surface area contributed by atoms with E-state index in [1.165, 1.54) is 49.0 Å². The van der Waals surface area contributed by atoms with Gasteiger partial charge in [0.2, 0.25) is 0 Å². The minimum Gasteiger partial charge on any atom is -0.0874 e. The highest BCUT2D eigenvalue weighted by Gasteiger charge is 2.10. The van der Waals surface area contributed by atoms with E-state index in [1.807, 2.05) is 0 Å². The van der Waals surface area contributed by atoms with Crippen molar-refractivity contribution in [3.05, 3.63) is 90.0 Å². The van der Waals surface area contributed by atoms with Crippen LogP contribution in [0.25, 0.3) is 37.9 Å². The molecule has 4 rings (SSSR count). The van der Waals surface area contributed by atoms with Gasteiger partial charge in [-0.05, 0) is 75.4 Å². The fourth-order valence-corrected chi connectivity index (χ4v) is 4.16. The quantitative estimate of drug-likeness (QED) is 0.263. The fourth-order valence-electron chi connectivity index (χ4n) is 4.16. The van der Waals surface area contributed by atoms with Crippen molar-refractivity contribution >= 4 is 37.9 Å². The van der Waals surface area contributed by atoms with Crippen LogP contribution in [-0.2, 0) is 0 Å². The van der Waals surface area contributed by atoms with Gasteiger partial charge in [0.15, 0.2) is 0 Å². The molecule has 0 radical (unpaired) electrons. The van der Waals surface area contributed by atoms with E-state index in [1.54, 1.807) is 0 Å². The lowest BCUT2D eigenvalue weighted by Crippen LogP contribution is -1.89. The molecule has 0 fully saturated rings. The van der Waals surface area contributed by atoms with Gasteiger partial charge in [-0.25, -0.2) is 0 Å². The van der Waals surface area contributed by atoms with Crippen molar-refractivity contribution < 1.29 is 0 Å². The first-order valence-corrected chi connectivity index (χ1v) is 9.40. The molecule has 0 aromatic heterocycles. The molecule has 0 N–H and O–H groups in total. The minimum absolute atomic E-state index is 1.03. The average Bonchev–Trinajstić information content (AvgIpc) is 2.69. The molecule has 26 heavy (non-hydrogen) atoms. The molecule has 0 heteroatoms. The van der Waals surface area contributed by atoms with Crippen LogP contribution in [0.2, 0.25) is 0 Å². The Kier molecular flexibility index (Phi) is 4.34. The summed E-state index contributed by atoms with van der Waals surface area (Å²) in [7, 11) is 0. The largest absolute Gasteiger partial charge is 0.0874 e. The van der Waals surface area contributed by atoms with Crippen LogP contribution in [0.4, 0.5) is 0 Å². The van der Waals surface area contributed by atoms with E-state index >= 15 is 0 Å². The van der Waals surface area contributed by atoms with Gasteiger partial charge in [0, 0.05) is 0 Å². The van der Waals surface area contributed by atoms with Crippen LogP contribution in [0, 0.1) is 0 Å². The van der Waals surface area contributed by atoms with Gasteiger partial charge in [0.05, 0.1) is 0 Å². The van der Waals surface area contributed by atoms with Crippen molar-refractivity contribution in [3.63, 3.8) is 0 Å². The molecule has 0 bridgehead atoms. The van der Waals surface area contributed by atoms with Crippen LogP contribution in [0.1, 0.15) is 32.8 Å². The van der Waals surface area contributed by atoms with Gasteiger partial charge >= 0.3 is 0 Å². The van der Waals surface area contributed by atoms with Gasteiger partial charge in [-0.2, -0.15) is 0 Å². The van der Waals surface area contributed by atoms with Crippen LogP contribution in [0.15, 0.2) is 84.5 Å². The fraction of sp³-hybridized carbons (Fsp3) is 0.154. The summed E-state index contributed by atoms with van der Waals surface area (Å²) >= 11 is 0.